The summed E-state index contributed by atoms with van der Waals surface area (Å²) in [6.07, 6.45) is 0. The van der Waals surface area contributed by atoms with Gasteiger partial charge in [-0.05, 0) is 6.07 Å². The van der Waals surface area contributed by atoms with Gasteiger partial charge in [-0.1, -0.05) is 6.07 Å². The van der Waals surface area contributed by atoms with Crippen LogP contribution in [-0.2, 0) is 0 Å². The van der Waals surface area contributed by atoms with E-state index >= 15 is 0 Å². The molecule has 7 nitrogen and oxygen atoms in total. The highest BCUT2D eigenvalue weighted by molar-refractivity contribution is 5.97. The monoisotopic (exact) mass is 206 g/mol. The van der Waals surface area contributed by atoms with Crippen LogP contribution in [0.3, 0.4) is 0 Å². The van der Waals surface area contributed by atoms with Crippen molar-refractivity contribution >= 4 is 17.2 Å². The summed E-state index contributed by atoms with van der Waals surface area (Å²) in [6, 6.07) is 6.97. The van der Waals surface area contributed by atoms with Gasteiger partial charge in [0.1, 0.15) is 6.07 Å². The van der Waals surface area contributed by atoms with Crippen LogP contribution in [0.15, 0.2) is 29.3 Å². The Balaban J connectivity index is 3.07. The van der Waals surface area contributed by atoms with E-state index in [0.29, 0.717) is 0 Å². The van der Waals surface area contributed by atoms with Crippen LogP contribution in [0.25, 0.3) is 0 Å². The van der Waals surface area contributed by atoms with Gasteiger partial charge < -0.3 is 0 Å². The molecule has 0 unspecified atom stereocenters. The van der Waals surface area contributed by atoms with Crippen LogP contribution in [0, 0.1) is 21.4 Å². The fourth-order valence-corrected chi connectivity index (χ4v) is 0.880. The molecule has 0 aromatic heterocycles. The van der Waals surface area contributed by atoms with E-state index in [1.165, 1.54) is 24.3 Å². The third kappa shape index (κ3) is 2.75. The molecule has 0 heterocycles. The number of benzene rings is 1. The quantitative estimate of drug-likeness (QED) is 0.326. The maximum absolute atomic E-state index is 10.4. The Morgan fingerprint density at radius 2 is 2.40 bits per heavy atom. The molecule has 76 valence electrons. The van der Waals surface area contributed by atoms with Crippen molar-refractivity contribution in [3.8, 4) is 6.07 Å². The average molecular weight is 206 g/mol. The Morgan fingerprint density at radius 3 is 2.93 bits per heavy atom. The third-order valence-corrected chi connectivity index (χ3v) is 1.49. The lowest BCUT2D eigenvalue weighted by Crippen LogP contribution is -2.15. The van der Waals surface area contributed by atoms with E-state index in [4.69, 9.17) is 10.5 Å². The Hall–Kier alpha value is -2.46. The van der Waals surface area contributed by atoms with E-state index in [9.17, 15) is 10.1 Å². The van der Waals surface area contributed by atoms with E-state index in [1.54, 1.807) is 11.5 Å². The normalized spacial score (nSPS) is 10.5. The van der Waals surface area contributed by atoms with Crippen LogP contribution in [0.4, 0.5) is 11.4 Å². The molecule has 0 aliphatic carbocycles. The predicted octanol–water partition coefficient (Wildman–Crippen LogP) is 1.13. The van der Waals surface area contributed by atoms with Gasteiger partial charge in [-0.15, -0.1) is 0 Å². The van der Waals surface area contributed by atoms with E-state index in [1.807, 2.05) is 0 Å². The number of amidine groups is 1. The first-order valence-corrected chi connectivity index (χ1v) is 3.80. The van der Waals surface area contributed by atoms with Gasteiger partial charge in [0, 0.05) is 12.1 Å². The molecule has 0 aliphatic heterocycles. The zero-order valence-corrected chi connectivity index (χ0v) is 7.41. The molecule has 0 aliphatic rings. The maximum Gasteiger partial charge on any atom is 0.271 e. The molecule has 0 saturated heterocycles. The second-order valence-corrected chi connectivity index (χ2v) is 2.46. The summed E-state index contributed by atoms with van der Waals surface area (Å²) in [6.45, 7) is 0. The van der Waals surface area contributed by atoms with Gasteiger partial charge >= 0.3 is 0 Å². The lowest BCUT2D eigenvalue weighted by atomic mass is 10.3. The van der Waals surface area contributed by atoms with Crippen LogP contribution in [-0.4, -0.2) is 16.0 Å². The summed E-state index contributed by atoms with van der Waals surface area (Å²) in [4.78, 5) is 13.5. The molecule has 0 radical (unpaired) electrons. The van der Waals surface area contributed by atoms with Crippen molar-refractivity contribution in [2.45, 2.75) is 0 Å². The van der Waals surface area contributed by atoms with E-state index in [2.05, 4.69) is 4.99 Å². The van der Waals surface area contributed by atoms with Gasteiger partial charge in [-0.3, -0.25) is 15.3 Å². The van der Waals surface area contributed by atoms with E-state index in [-0.39, 0.29) is 17.2 Å². The average Bonchev–Trinajstić information content (AvgIpc) is 2.26. The SMILES string of the molecule is N#CC(=Nc1cccc([N+](=O)[O-])c1)NO. The molecule has 0 bridgehead atoms. The van der Waals surface area contributed by atoms with Crippen LogP contribution >= 0.6 is 0 Å². The van der Waals surface area contributed by atoms with Gasteiger partial charge in [0.05, 0.1) is 10.6 Å². The van der Waals surface area contributed by atoms with Crippen molar-refractivity contribution < 1.29 is 10.1 Å². The maximum atomic E-state index is 10.4. The topological polar surface area (TPSA) is 112 Å². The minimum absolute atomic E-state index is 0.133. The number of nitrogens with zero attached hydrogens (tertiary/aromatic N) is 3. The Morgan fingerprint density at radius 1 is 1.67 bits per heavy atom. The molecule has 2 N–H and O–H groups in total. The van der Waals surface area contributed by atoms with E-state index < -0.39 is 4.92 Å². The standard InChI is InChI=1S/C8H6N4O3/c9-5-8(11-13)10-6-2-1-3-7(4-6)12(14)15/h1-4,13H,(H,10,11). The number of hydrogen-bond donors (Lipinski definition) is 2. The number of nitro groups is 1. The Bertz CT molecular complexity index is 449. The number of aliphatic imine (C=N–C) groups is 1. The third-order valence-electron chi connectivity index (χ3n) is 1.49. The summed E-state index contributed by atoms with van der Waals surface area (Å²) < 4.78 is 0. The summed E-state index contributed by atoms with van der Waals surface area (Å²) in [7, 11) is 0. The van der Waals surface area contributed by atoms with Gasteiger partial charge in [0.15, 0.2) is 0 Å². The summed E-state index contributed by atoms with van der Waals surface area (Å²) in [5, 5.41) is 27.3. The summed E-state index contributed by atoms with van der Waals surface area (Å²) in [5.74, 6) is -0.338. The fraction of sp³-hybridized carbons (Fsp3) is 0. The predicted molar refractivity (Wildman–Crippen MR) is 50.7 cm³/mol. The number of hydrogen-bond acceptors (Lipinski definition) is 5. The summed E-state index contributed by atoms with van der Waals surface area (Å²) >= 11 is 0. The second-order valence-electron chi connectivity index (χ2n) is 2.46. The number of hydroxylamine groups is 1. The van der Waals surface area contributed by atoms with Gasteiger partial charge in [-0.25, -0.2) is 10.5 Å². The first-order valence-electron chi connectivity index (χ1n) is 3.80. The molecule has 0 amide bonds. The highest BCUT2D eigenvalue weighted by Gasteiger charge is 2.05. The molecular weight excluding hydrogens is 200 g/mol. The van der Waals surface area contributed by atoms with Crippen molar-refractivity contribution in [2.75, 3.05) is 0 Å². The minimum Gasteiger partial charge on any atom is -0.289 e. The molecule has 0 saturated carbocycles. The van der Waals surface area contributed by atoms with Crippen LogP contribution < -0.4 is 5.48 Å². The highest BCUT2D eigenvalue weighted by atomic mass is 16.6. The lowest BCUT2D eigenvalue weighted by Gasteiger charge is -1.95. The van der Waals surface area contributed by atoms with E-state index in [0.717, 1.165) is 0 Å². The first kappa shape index (κ1) is 10.6. The van der Waals surface area contributed by atoms with Gasteiger partial charge in [0.25, 0.3) is 5.69 Å². The largest absolute Gasteiger partial charge is 0.289 e. The lowest BCUT2D eigenvalue weighted by molar-refractivity contribution is -0.384. The molecule has 0 spiro atoms. The molecule has 15 heavy (non-hydrogen) atoms. The molecule has 0 fully saturated rings. The highest BCUT2D eigenvalue weighted by Crippen LogP contribution is 2.19. The van der Waals surface area contributed by atoms with Crippen molar-refractivity contribution in [3.05, 3.63) is 34.4 Å². The zero-order valence-electron chi connectivity index (χ0n) is 7.41. The van der Waals surface area contributed by atoms with Crippen LogP contribution in [0.5, 0.6) is 0 Å². The number of rotatable bonds is 2. The van der Waals surface area contributed by atoms with Gasteiger partial charge in [-0.2, -0.15) is 5.26 Å². The first-order chi connectivity index (χ1) is 7.17. The van der Waals surface area contributed by atoms with Crippen molar-refractivity contribution in [1.82, 2.24) is 5.48 Å². The smallest absolute Gasteiger partial charge is 0.271 e. The molecule has 1 aromatic carbocycles. The number of nitro benzene ring substituents is 1. The molecule has 7 heteroatoms. The van der Waals surface area contributed by atoms with Crippen LogP contribution in [0.2, 0.25) is 0 Å². The van der Waals surface area contributed by atoms with Crippen molar-refractivity contribution in [2.24, 2.45) is 4.99 Å². The van der Waals surface area contributed by atoms with Crippen molar-refractivity contribution in [3.63, 3.8) is 0 Å². The fourth-order valence-electron chi connectivity index (χ4n) is 0.880. The molecule has 0 atom stereocenters. The van der Waals surface area contributed by atoms with Crippen LogP contribution in [0.1, 0.15) is 0 Å². The Labute approximate surface area is 84.4 Å². The number of nitriles is 1. The molecule has 1 rings (SSSR count). The number of non-ortho nitro benzene ring substituents is 1. The zero-order chi connectivity index (χ0) is 11.3. The molecular formula is C8H6N4O3. The minimum atomic E-state index is -0.572. The second kappa shape index (κ2) is 4.69. The molecule has 1 aromatic rings. The summed E-state index contributed by atoms with van der Waals surface area (Å²) in [5.41, 5.74) is 1.65. The van der Waals surface area contributed by atoms with Crippen molar-refractivity contribution in [1.29, 1.82) is 5.26 Å². The van der Waals surface area contributed by atoms with Gasteiger partial charge in [0.2, 0.25) is 5.84 Å². The Kier molecular flexibility index (Phi) is 3.32. The number of nitrogens with one attached hydrogen (secondary N) is 1.